The van der Waals surface area contributed by atoms with Crippen LogP contribution in [0.1, 0.15) is 38.3 Å². The van der Waals surface area contributed by atoms with Crippen LogP contribution >= 0.6 is 0 Å². The number of rotatable bonds is 12. The van der Waals surface area contributed by atoms with Crippen LogP contribution in [0.3, 0.4) is 0 Å². The maximum Gasteiger partial charge on any atom is 0.324 e. The lowest BCUT2D eigenvalue weighted by Gasteiger charge is -2.19. The summed E-state index contributed by atoms with van der Waals surface area (Å²) in [5, 5.41) is 3.02. The molecule has 0 saturated heterocycles. The van der Waals surface area contributed by atoms with Gasteiger partial charge in [-0.25, -0.2) is 0 Å². The average molecular weight is 418 g/mol. The van der Waals surface area contributed by atoms with Crippen molar-refractivity contribution in [2.24, 2.45) is 0 Å². The van der Waals surface area contributed by atoms with Crippen LogP contribution < -0.4 is 5.32 Å². The summed E-state index contributed by atoms with van der Waals surface area (Å²) in [6.45, 7) is 12.9. The molecule has 0 saturated carbocycles. The molecule has 1 aromatic rings. The zero-order chi connectivity index (χ0) is 22.6. The van der Waals surface area contributed by atoms with Gasteiger partial charge in [0.1, 0.15) is 24.9 Å². The Labute approximate surface area is 178 Å². The fraction of sp³-hybridized carbons (Fsp3) is 0.435. The molecule has 0 aromatic heterocycles. The molecule has 7 heteroatoms. The number of ether oxygens (including phenoxy) is 3. The van der Waals surface area contributed by atoms with Crippen molar-refractivity contribution in [3.05, 3.63) is 60.7 Å². The van der Waals surface area contributed by atoms with E-state index in [0.29, 0.717) is 6.54 Å². The number of carbonyl (C=O) groups is 3. The largest absolute Gasteiger partial charge is 0.461 e. The molecule has 1 rings (SSSR count). The van der Waals surface area contributed by atoms with E-state index in [9.17, 15) is 14.4 Å². The molecular weight excluding hydrogens is 386 g/mol. The van der Waals surface area contributed by atoms with Crippen molar-refractivity contribution in [3.63, 3.8) is 0 Å². The Morgan fingerprint density at radius 1 is 0.967 bits per heavy atom. The molecule has 30 heavy (non-hydrogen) atoms. The maximum absolute atomic E-state index is 12.2. The summed E-state index contributed by atoms with van der Waals surface area (Å²) >= 11 is 0. The van der Waals surface area contributed by atoms with E-state index in [-0.39, 0.29) is 32.0 Å². The topological polar surface area (TPSA) is 90.9 Å². The minimum absolute atomic E-state index is 0.0537. The zero-order valence-electron chi connectivity index (χ0n) is 17.9. The Bertz CT molecular complexity index is 733. The van der Waals surface area contributed by atoms with Crippen molar-refractivity contribution < 1.29 is 28.6 Å². The van der Waals surface area contributed by atoms with Gasteiger partial charge in [0, 0.05) is 6.54 Å². The second kappa shape index (κ2) is 12.6. The fourth-order valence-electron chi connectivity index (χ4n) is 2.42. The normalized spacial score (nSPS) is 11.8. The summed E-state index contributed by atoms with van der Waals surface area (Å²) in [4.78, 5) is 36.0. The molecule has 0 amide bonds. The molecular formula is C23H31NO6. The zero-order valence-corrected chi connectivity index (χ0v) is 17.9. The number of hydrogen-bond acceptors (Lipinski definition) is 7. The van der Waals surface area contributed by atoms with Gasteiger partial charge in [0.25, 0.3) is 0 Å². The predicted octanol–water partition coefficient (Wildman–Crippen LogP) is 2.88. The number of carbonyl (C=O) groups excluding carboxylic acids is 3. The van der Waals surface area contributed by atoms with Gasteiger partial charge in [0.2, 0.25) is 0 Å². The highest BCUT2D eigenvalue weighted by molar-refractivity contribution is 5.82. The smallest absolute Gasteiger partial charge is 0.324 e. The van der Waals surface area contributed by atoms with Gasteiger partial charge >= 0.3 is 17.9 Å². The third kappa shape index (κ3) is 10.6. The van der Waals surface area contributed by atoms with E-state index in [4.69, 9.17) is 14.2 Å². The van der Waals surface area contributed by atoms with Crippen LogP contribution in [0.25, 0.3) is 0 Å². The third-order valence-electron chi connectivity index (χ3n) is 3.70. The Morgan fingerprint density at radius 2 is 1.53 bits per heavy atom. The Balaban J connectivity index is 2.67. The van der Waals surface area contributed by atoms with Gasteiger partial charge in [-0.05, 0) is 31.9 Å². The van der Waals surface area contributed by atoms with E-state index in [1.807, 2.05) is 45.0 Å². The van der Waals surface area contributed by atoms with E-state index in [0.717, 1.165) is 11.1 Å². The number of benzene rings is 1. The third-order valence-corrected chi connectivity index (χ3v) is 3.70. The first-order valence-corrected chi connectivity index (χ1v) is 9.71. The highest BCUT2D eigenvalue weighted by atomic mass is 16.6. The van der Waals surface area contributed by atoms with Crippen LogP contribution in [0.2, 0.25) is 0 Å². The summed E-state index contributed by atoms with van der Waals surface area (Å²) in [5.41, 5.74) is 1.18. The van der Waals surface area contributed by atoms with Crippen molar-refractivity contribution in [1.82, 2.24) is 5.32 Å². The summed E-state index contributed by atoms with van der Waals surface area (Å²) < 4.78 is 15.3. The Kier molecular flexibility index (Phi) is 10.5. The van der Waals surface area contributed by atoms with Gasteiger partial charge in [-0.1, -0.05) is 49.6 Å². The summed E-state index contributed by atoms with van der Waals surface area (Å²) in [7, 11) is 0. The fourth-order valence-corrected chi connectivity index (χ4v) is 2.42. The lowest BCUT2D eigenvalue weighted by atomic mass is 10.1. The standard InChI is InChI=1S/C23H31NO6/c1-6-12-28-20(25)15-19(22(27)29-13-7-2)24-16-18-10-8-17(9-11-18)14-21(26)30-23(3,4)5/h6-11,19,24H,1-2,12-16H2,3-5H3/t19-/m0/s1. The van der Waals surface area contributed by atoms with Gasteiger partial charge in [-0.2, -0.15) is 0 Å². The summed E-state index contributed by atoms with van der Waals surface area (Å²) in [6, 6.07) is 6.47. The molecule has 0 aliphatic carbocycles. The van der Waals surface area contributed by atoms with Gasteiger partial charge in [0.05, 0.1) is 12.8 Å². The summed E-state index contributed by atoms with van der Waals surface area (Å²) in [5.74, 6) is -1.39. The molecule has 0 unspecified atom stereocenters. The lowest BCUT2D eigenvalue weighted by molar-refractivity contribution is -0.154. The van der Waals surface area contributed by atoms with Crippen molar-refractivity contribution in [2.45, 2.75) is 51.8 Å². The van der Waals surface area contributed by atoms with E-state index >= 15 is 0 Å². The van der Waals surface area contributed by atoms with Crippen molar-refractivity contribution in [3.8, 4) is 0 Å². The van der Waals surface area contributed by atoms with Crippen molar-refractivity contribution in [2.75, 3.05) is 13.2 Å². The highest BCUT2D eigenvalue weighted by Crippen LogP contribution is 2.11. The van der Waals surface area contributed by atoms with Crippen LogP contribution in [0.4, 0.5) is 0 Å². The highest BCUT2D eigenvalue weighted by Gasteiger charge is 2.23. The van der Waals surface area contributed by atoms with Gasteiger partial charge in [-0.3, -0.25) is 19.7 Å². The maximum atomic E-state index is 12.2. The van der Waals surface area contributed by atoms with Gasteiger partial charge < -0.3 is 14.2 Å². The second-order valence-electron chi connectivity index (χ2n) is 7.61. The predicted molar refractivity (Wildman–Crippen MR) is 114 cm³/mol. The molecule has 7 nitrogen and oxygen atoms in total. The van der Waals surface area contributed by atoms with E-state index in [1.54, 1.807) is 0 Å². The summed E-state index contributed by atoms with van der Waals surface area (Å²) in [6.07, 6.45) is 2.92. The van der Waals surface area contributed by atoms with Gasteiger partial charge in [-0.15, -0.1) is 0 Å². The second-order valence-corrected chi connectivity index (χ2v) is 7.61. The molecule has 164 valence electrons. The quantitative estimate of drug-likeness (QED) is 0.318. The Morgan fingerprint density at radius 3 is 2.10 bits per heavy atom. The number of nitrogens with one attached hydrogen (secondary N) is 1. The monoisotopic (exact) mass is 417 g/mol. The average Bonchev–Trinajstić information content (AvgIpc) is 2.67. The minimum Gasteiger partial charge on any atom is -0.461 e. The molecule has 1 atom stereocenters. The molecule has 0 aliphatic rings. The van der Waals surface area contributed by atoms with E-state index in [2.05, 4.69) is 18.5 Å². The molecule has 1 N–H and O–H groups in total. The lowest BCUT2D eigenvalue weighted by Crippen LogP contribution is -2.40. The van der Waals surface area contributed by atoms with Crippen LogP contribution in [0.15, 0.2) is 49.6 Å². The molecule has 0 radical (unpaired) electrons. The van der Waals surface area contributed by atoms with E-state index in [1.165, 1.54) is 12.2 Å². The molecule has 0 bridgehead atoms. The first-order valence-electron chi connectivity index (χ1n) is 9.71. The van der Waals surface area contributed by atoms with Crippen molar-refractivity contribution >= 4 is 17.9 Å². The minimum atomic E-state index is -0.858. The van der Waals surface area contributed by atoms with E-state index < -0.39 is 23.6 Å². The van der Waals surface area contributed by atoms with Crippen LogP contribution in [-0.4, -0.2) is 42.8 Å². The molecule has 1 aromatic carbocycles. The molecule has 0 spiro atoms. The van der Waals surface area contributed by atoms with Crippen LogP contribution in [0.5, 0.6) is 0 Å². The van der Waals surface area contributed by atoms with Crippen molar-refractivity contribution in [1.29, 1.82) is 0 Å². The number of esters is 3. The van der Waals surface area contributed by atoms with Gasteiger partial charge in [0.15, 0.2) is 0 Å². The molecule has 0 heterocycles. The SMILES string of the molecule is C=CCOC(=O)C[C@H](NCc1ccc(CC(=O)OC(C)(C)C)cc1)C(=O)OCC=C. The molecule has 0 aliphatic heterocycles. The van der Waals surface area contributed by atoms with Crippen LogP contribution in [-0.2, 0) is 41.6 Å². The number of hydrogen-bond donors (Lipinski definition) is 1. The molecule has 0 fully saturated rings. The Hall–Kier alpha value is -2.93. The first-order chi connectivity index (χ1) is 14.1. The first kappa shape index (κ1) is 25.1. The van der Waals surface area contributed by atoms with Crippen LogP contribution in [0, 0.1) is 0 Å².